The molecule has 0 bridgehead atoms. The number of nitrogens with zero attached hydrogens (tertiary/aromatic N) is 6. The van der Waals surface area contributed by atoms with E-state index in [1.807, 2.05) is 83.3 Å². The van der Waals surface area contributed by atoms with E-state index in [-0.39, 0.29) is 5.91 Å². The molecule has 3 heterocycles. The Morgan fingerprint density at radius 2 is 1.64 bits per heavy atom. The van der Waals surface area contributed by atoms with Gasteiger partial charge in [-0.15, -0.1) is 0 Å². The third-order valence-corrected chi connectivity index (χ3v) is 5.56. The van der Waals surface area contributed by atoms with Crippen LogP contribution in [0.4, 0.5) is 5.82 Å². The minimum atomic E-state index is -0.0286. The maximum Gasteiger partial charge on any atom is 0.257 e. The van der Waals surface area contributed by atoms with Gasteiger partial charge in [-0.3, -0.25) is 9.36 Å². The molecule has 1 amide bonds. The summed E-state index contributed by atoms with van der Waals surface area (Å²) in [5.41, 5.74) is 0.565. The molecular formula is C25H24N6O2. The molecule has 2 aromatic carbocycles. The van der Waals surface area contributed by atoms with E-state index >= 15 is 0 Å². The van der Waals surface area contributed by atoms with Gasteiger partial charge in [0.25, 0.3) is 5.91 Å². The highest BCUT2D eigenvalue weighted by Crippen LogP contribution is 2.27. The van der Waals surface area contributed by atoms with Gasteiger partial charge in [0.2, 0.25) is 0 Å². The summed E-state index contributed by atoms with van der Waals surface area (Å²) >= 11 is 0. The van der Waals surface area contributed by atoms with Crippen LogP contribution in [0.15, 0.2) is 79.4 Å². The lowest BCUT2D eigenvalue weighted by Crippen LogP contribution is -2.49. The molecule has 0 atom stereocenters. The SMILES string of the molecule is Cc1nc(N2CCN(C(=O)c3ccccc3Oc3ccccc3)CC2)cc(-n2ccnc2)n1. The first-order valence-corrected chi connectivity index (χ1v) is 10.9. The summed E-state index contributed by atoms with van der Waals surface area (Å²) in [4.78, 5) is 30.6. The maximum atomic E-state index is 13.3. The third-order valence-electron chi connectivity index (χ3n) is 5.56. The number of carbonyl (C=O) groups is 1. The highest BCUT2D eigenvalue weighted by Gasteiger charge is 2.25. The molecule has 4 aromatic rings. The lowest BCUT2D eigenvalue weighted by atomic mass is 10.1. The number of hydrogen-bond donors (Lipinski definition) is 0. The van der Waals surface area contributed by atoms with Gasteiger partial charge in [-0.2, -0.15) is 0 Å². The first kappa shape index (κ1) is 20.7. The first-order valence-electron chi connectivity index (χ1n) is 10.9. The number of rotatable bonds is 5. The van der Waals surface area contributed by atoms with Crippen molar-refractivity contribution in [2.45, 2.75) is 6.92 Å². The summed E-state index contributed by atoms with van der Waals surface area (Å²) in [7, 11) is 0. The Bertz CT molecular complexity index is 1240. The summed E-state index contributed by atoms with van der Waals surface area (Å²) in [6.45, 7) is 4.46. The molecule has 5 rings (SSSR count). The summed E-state index contributed by atoms with van der Waals surface area (Å²) in [6, 6.07) is 18.8. The number of hydrogen-bond acceptors (Lipinski definition) is 6. The molecule has 1 aliphatic rings. The molecule has 166 valence electrons. The predicted octanol–water partition coefficient (Wildman–Crippen LogP) is 3.73. The molecule has 0 aliphatic carbocycles. The second-order valence-electron chi connectivity index (χ2n) is 7.79. The molecule has 0 N–H and O–H groups in total. The minimum Gasteiger partial charge on any atom is -0.457 e. The van der Waals surface area contributed by atoms with Gasteiger partial charge in [0.15, 0.2) is 0 Å². The standard InChI is InChI=1S/C25H24N6O2/c1-19-27-23(17-24(28-19)31-12-11-26-18-31)29-13-15-30(16-14-29)25(32)21-9-5-6-10-22(21)33-20-7-3-2-4-8-20/h2-12,17-18H,13-16H2,1H3. The lowest BCUT2D eigenvalue weighted by Gasteiger charge is -2.35. The van der Waals surface area contributed by atoms with Crippen molar-refractivity contribution < 1.29 is 9.53 Å². The smallest absolute Gasteiger partial charge is 0.257 e. The highest BCUT2D eigenvalue weighted by molar-refractivity contribution is 5.97. The fourth-order valence-electron chi connectivity index (χ4n) is 3.88. The molecule has 1 saturated heterocycles. The first-order chi connectivity index (χ1) is 16.2. The summed E-state index contributed by atoms with van der Waals surface area (Å²) in [6.07, 6.45) is 5.30. The molecule has 0 spiro atoms. The van der Waals surface area contributed by atoms with Crippen LogP contribution < -0.4 is 9.64 Å². The van der Waals surface area contributed by atoms with Crippen LogP contribution in [-0.2, 0) is 0 Å². The Hall–Kier alpha value is -4.20. The van der Waals surface area contributed by atoms with Crippen LogP contribution in [0.1, 0.15) is 16.2 Å². The second kappa shape index (κ2) is 9.12. The molecule has 8 heteroatoms. The lowest BCUT2D eigenvalue weighted by molar-refractivity contribution is 0.0744. The van der Waals surface area contributed by atoms with Gasteiger partial charge < -0.3 is 14.5 Å². The summed E-state index contributed by atoms with van der Waals surface area (Å²) in [5, 5.41) is 0. The van der Waals surface area contributed by atoms with Crippen molar-refractivity contribution in [2.75, 3.05) is 31.1 Å². The van der Waals surface area contributed by atoms with E-state index in [1.54, 1.807) is 12.5 Å². The largest absolute Gasteiger partial charge is 0.457 e. The van der Waals surface area contributed by atoms with E-state index in [0.29, 0.717) is 49.1 Å². The molecule has 0 saturated carbocycles. The predicted molar refractivity (Wildman–Crippen MR) is 125 cm³/mol. The minimum absolute atomic E-state index is 0.0286. The monoisotopic (exact) mass is 440 g/mol. The molecule has 0 unspecified atom stereocenters. The summed E-state index contributed by atoms with van der Waals surface area (Å²) in [5.74, 6) is 3.57. The number of imidazole rings is 1. The Kier molecular flexibility index (Phi) is 5.72. The fourth-order valence-corrected chi connectivity index (χ4v) is 3.88. The molecule has 33 heavy (non-hydrogen) atoms. The van der Waals surface area contributed by atoms with Gasteiger partial charge in [-0.05, 0) is 31.2 Å². The van der Waals surface area contributed by atoms with Crippen LogP contribution in [-0.4, -0.2) is 56.5 Å². The molecule has 0 radical (unpaired) electrons. The number of ether oxygens (including phenoxy) is 1. The summed E-state index contributed by atoms with van der Waals surface area (Å²) < 4.78 is 7.85. The van der Waals surface area contributed by atoms with E-state index in [4.69, 9.17) is 4.74 Å². The zero-order valence-electron chi connectivity index (χ0n) is 18.3. The Balaban J connectivity index is 1.29. The van der Waals surface area contributed by atoms with Gasteiger partial charge in [0.1, 0.15) is 35.3 Å². The van der Waals surface area contributed by atoms with Gasteiger partial charge in [-0.1, -0.05) is 30.3 Å². The van der Waals surface area contributed by atoms with Crippen molar-refractivity contribution >= 4 is 11.7 Å². The topological polar surface area (TPSA) is 76.4 Å². The van der Waals surface area contributed by atoms with Crippen LogP contribution in [0.3, 0.4) is 0 Å². The quantitative estimate of drug-likeness (QED) is 0.471. The van der Waals surface area contributed by atoms with Crippen LogP contribution in [0, 0.1) is 6.92 Å². The van der Waals surface area contributed by atoms with Crippen LogP contribution in [0.5, 0.6) is 11.5 Å². The Morgan fingerprint density at radius 3 is 2.39 bits per heavy atom. The van der Waals surface area contributed by atoms with Gasteiger partial charge in [0, 0.05) is 44.6 Å². The number of benzene rings is 2. The highest BCUT2D eigenvalue weighted by atomic mass is 16.5. The normalized spacial score (nSPS) is 13.7. The number of anilines is 1. The number of amides is 1. The van der Waals surface area contributed by atoms with E-state index in [0.717, 1.165) is 11.6 Å². The number of para-hydroxylation sites is 2. The number of aryl methyl sites for hydroxylation is 1. The van der Waals surface area contributed by atoms with Crippen molar-refractivity contribution in [3.05, 3.63) is 90.8 Å². The van der Waals surface area contributed by atoms with Crippen molar-refractivity contribution in [3.63, 3.8) is 0 Å². The molecular weight excluding hydrogens is 416 g/mol. The van der Waals surface area contributed by atoms with Crippen LogP contribution >= 0.6 is 0 Å². The second-order valence-corrected chi connectivity index (χ2v) is 7.79. The zero-order chi connectivity index (χ0) is 22.6. The van der Waals surface area contributed by atoms with E-state index in [9.17, 15) is 4.79 Å². The number of carbonyl (C=O) groups excluding carboxylic acids is 1. The molecule has 8 nitrogen and oxygen atoms in total. The molecule has 1 fully saturated rings. The van der Waals surface area contributed by atoms with Crippen LogP contribution in [0.25, 0.3) is 5.82 Å². The third kappa shape index (κ3) is 4.55. The van der Waals surface area contributed by atoms with Crippen molar-refractivity contribution in [1.29, 1.82) is 0 Å². The van der Waals surface area contributed by atoms with Crippen molar-refractivity contribution in [1.82, 2.24) is 24.4 Å². The van der Waals surface area contributed by atoms with E-state index in [1.165, 1.54) is 0 Å². The van der Waals surface area contributed by atoms with Crippen molar-refractivity contribution in [2.24, 2.45) is 0 Å². The zero-order valence-corrected chi connectivity index (χ0v) is 18.3. The maximum absolute atomic E-state index is 13.3. The molecule has 1 aliphatic heterocycles. The average molecular weight is 441 g/mol. The van der Waals surface area contributed by atoms with E-state index < -0.39 is 0 Å². The van der Waals surface area contributed by atoms with E-state index in [2.05, 4.69) is 19.9 Å². The average Bonchev–Trinajstić information content (AvgIpc) is 3.40. The number of aromatic nitrogens is 4. The number of piperazine rings is 1. The Morgan fingerprint density at radius 1 is 0.909 bits per heavy atom. The van der Waals surface area contributed by atoms with Gasteiger partial charge in [-0.25, -0.2) is 15.0 Å². The van der Waals surface area contributed by atoms with Gasteiger partial charge >= 0.3 is 0 Å². The van der Waals surface area contributed by atoms with Crippen LogP contribution in [0.2, 0.25) is 0 Å². The fraction of sp³-hybridized carbons (Fsp3) is 0.200. The van der Waals surface area contributed by atoms with Gasteiger partial charge in [0.05, 0.1) is 5.56 Å². The molecule has 2 aromatic heterocycles. The Labute approximate surface area is 192 Å². The van der Waals surface area contributed by atoms with Crippen molar-refractivity contribution in [3.8, 4) is 17.3 Å².